The van der Waals surface area contributed by atoms with Crippen molar-refractivity contribution in [3.63, 3.8) is 0 Å². The molecule has 0 aliphatic heterocycles. The summed E-state index contributed by atoms with van der Waals surface area (Å²) in [7, 11) is 2.80. The predicted octanol–water partition coefficient (Wildman–Crippen LogP) is -0.529. The maximum atomic E-state index is 12.3. The fourth-order valence-electron chi connectivity index (χ4n) is 2.33. The van der Waals surface area contributed by atoms with Gasteiger partial charge in [0.05, 0.1) is 10.9 Å². The van der Waals surface area contributed by atoms with Crippen LogP contribution >= 0.6 is 0 Å². The molecule has 0 aliphatic rings. The standard InChI is InChI=1S/C15H18N4O5/c1-7(2)10(14(22)23)17-12(20)8-5-9-11(16-6-8)18(3)15(24)19(4)13(9)21/h5-7,10H,1-4H3,(H,17,20)(H,22,23)/t10-/m1/s1. The highest BCUT2D eigenvalue weighted by Gasteiger charge is 2.24. The summed E-state index contributed by atoms with van der Waals surface area (Å²) in [6.07, 6.45) is 1.20. The third-order valence-electron chi connectivity index (χ3n) is 3.77. The van der Waals surface area contributed by atoms with Gasteiger partial charge in [-0.3, -0.25) is 18.7 Å². The number of carbonyl (C=O) groups is 2. The van der Waals surface area contributed by atoms with Gasteiger partial charge in [0.2, 0.25) is 0 Å². The fourth-order valence-corrected chi connectivity index (χ4v) is 2.33. The average molecular weight is 334 g/mol. The lowest BCUT2D eigenvalue weighted by molar-refractivity contribution is -0.140. The quantitative estimate of drug-likeness (QED) is 0.775. The third-order valence-corrected chi connectivity index (χ3v) is 3.77. The second-order valence-corrected chi connectivity index (χ2v) is 5.83. The molecule has 0 unspecified atom stereocenters. The highest BCUT2D eigenvalue weighted by molar-refractivity contribution is 5.98. The Morgan fingerprint density at radius 3 is 2.38 bits per heavy atom. The van der Waals surface area contributed by atoms with Crippen molar-refractivity contribution in [2.75, 3.05) is 0 Å². The van der Waals surface area contributed by atoms with Crippen molar-refractivity contribution in [1.82, 2.24) is 19.4 Å². The van der Waals surface area contributed by atoms with E-state index in [1.807, 2.05) is 0 Å². The van der Waals surface area contributed by atoms with E-state index in [1.54, 1.807) is 13.8 Å². The van der Waals surface area contributed by atoms with Gasteiger partial charge in [-0.25, -0.2) is 14.6 Å². The molecule has 0 fully saturated rings. The topological polar surface area (TPSA) is 123 Å². The number of carboxylic acids is 1. The first kappa shape index (κ1) is 17.4. The molecule has 0 aromatic carbocycles. The molecule has 0 saturated carbocycles. The van der Waals surface area contributed by atoms with Gasteiger partial charge < -0.3 is 10.4 Å². The summed E-state index contributed by atoms with van der Waals surface area (Å²) >= 11 is 0. The molecule has 0 saturated heterocycles. The van der Waals surface area contributed by atoms with Crippen LogP contribution in [0.3, 0.4) is 0 Å². The number of aryl methyl sites for hydroxylation is 1. The Labute approximate surface area is 136 Å². The molecule has 1 atom stereocenters. The van der Waals surface area contributed by atoms with Crippen LogP contribution < -0.4 is 16.6 Å². The lowest BCUT2D eigenvalue weighted by Crippen LogP contribution is -2.44. The van der Waals surface area contributed by atoms with Gasteiger partial charge in [-0.1, -0.05) is 13.8 Å². The van der Waals surface area contributed by atoms with Gasteiger partial charge in [-0.05, 0) is 12.0 Å². The molecule has 9 heteroatoms. The maximum absolute atomic E-state index is 12.3. The van der Waals surface area contributed by atoms with Crippen molar-refractivity contribution in [3.05, 3.63) is 38.7 Å². The molecule has 2 aromatic rings. The van der Waals surface area contributed by atoms with Gasteiger partial charge in [0.15, 0.2) is 0 Å². The van der Waals surface area contributed by atoms with Crippen molar-refractivity contribution in [3.8, 4) is 0 Å². The predicted molar refractivity (Wildman–Crippen MR) is 86.0 cm³/mol. The lowest BCUT2D eigenvalue weighted by Gasteiger charge is -2.18. The number of amides is 1. The van der Waals surface area contributed by atoms with E-state index < -0.39 is 29.2 Å². The minimum absolute atomic E-state index is 0.0464. The number of nitrogens with zero attached hydrogens (tertiary/aromatic N) is 3. The molecule has 2 rings (SSSR count). The third kappa shape index (κ3) is 2.92. The second-order valence-electron chi connectivity index (χ2n) is 5.83. The van der Waals surface area contributed by atoms with Gasteiger partial charge in [0.1, 0.15) is 11.7 Å². The minimum Gasteiger partial charge on any atom is -0.480 e. The highest BCUT2D eigenvalue weighted by Crippen LogP contribution is 2.09. The van der Waals surface area contributed by atoms with Crippen LogP contribution in [0.15, 0.2) is 21.9 Å². The number of hydrogen-bond donors (Lipinski definition) is 2. The van der Waals surface area contributed by atoms with Crippen molar-refractivity contribution < 1.29 is 14.7 Å². The van der Waals surface area contributed by atoms with E-state index in [-0.39, 0.29) is 22.5 Å². The van der Waals surface area contributed by atoms with E-state index in [4.69, 9.17) is 5.11 Å². The van der Waals surface area contributed by atoms with Crippen molar-refractivity contribution >= 4 is 22.9 Å². The molecule has 128 valence electrons. The average Bonchev–Trinajstić information content (AvgIpc) is 2.54. The number of carbonyl (C=O) groups excluding carboxylic acids is 1. The molecular weight excluding hydrogens is 316 g/mol. The van der Waals surface area contributed by atoms with Crippen molar-refractivity contribution in [2.24, 2.45) is 20.0 Å². The van der Waals surface area contributed by atoms with Gasteiger partial charge in [-0.15, -0.1) is 0 Å². The molecular formula is C15H18N4O5. The van der Waals surface area contributed by atoms with Crippen LogP contribution in [0, 0.1) is 5.92 Å². The zero-order valence-corrected chi connectivity index (χ0v) is 13.7. The SMILES string of the molecule is CC(C)[C@@H](NC(=O)c1cnc2c(c1)c(=O)n(C)c(=O)n2C)C(=O)O. The molecule has 0 bridgehead atoms. The van der Waals surface area contributed by atoms with Crippen LogP contribution in [0.2, 0.25) is 0 Å². The van der Waals surface area contributed by atoms with Crippen molar-refractivity contribution in [1.29, 1.82) is 0 Å². The van der Waals surface area contributed by atoms with Gasteiger partial charge >= 0.3 is 11.7 Å². The number of carboxylic acid groups (broad SMARTS) is 1. The first-order valence-electron chi connectivity index (χ1n) is 7.24. The first-order chi connectivity index (χ1) is 11.1. The van der Waals surface area contributed by atoms with Crippen molar-refractivity contribution in [2.45, 2.75) is 19.9 Å². The Morgan fingerprint density at radius 1 is 1.21 bits per heavy atom. The van der Waals surface area contributed by atoms with Gasteiger partial charge in [0.25, 0.3) is 11.5 Å². The molecule has 0 spiro atoms. The smallest absolute Gasteiger partial charge is 0.332 e. The van der Waals surface area contributed by atoms with E-state index in [2.05, 4.69) is 10.3 Å². The number of pyridine rings is 1. The van der Waals surface area contributed by atoms with Crippen LogP contribution in [0.25, 0.3) is 11.0 Å². The molecule has 24 heavy (non-hydrogen) atoms. The Kier molecular flexibility index (Phi) is 4.54. The highest BCUT2D eigenvalue weighted by atomic mass is 16.4. The van der Waals surface area contributed by atoms with Gasteiger partial charge in [-0.2, -0.15) is 0 Å². The molecule has 2 N–H and O–H groups in total. The Hall–Kier alpha value is -2.97. The van der Waals surface area contributed by atoms with E-state index in [0.29, 0.717) is 0 Å². The van der Waals surface area contributed by atoms with E-state index in [9.17, 15) is 19.2 Å². The largest absolute Gasteiger partial charge is 0.480 e. The number of rotatable bonds is 4. The van der Waals surface area contributed by atoms with Crippen LogP contribution in [0.5, 0.6) is 0 Å². The Morgan fingerprint density at radius 2 is 1.83 bits per heavy atom. The first-order valence-corrected chi connectivity index (χ1v) is 7.24. The monoisotopic (exact) mass is 334 g/mol. The number of aliphatic carboxylic acids is 1. The summed E-state index contributed by atoms with van der Waals surface area (Å²) in [5.74, 6) is -2.11. The zero-order chi connectivity index (χ0) is 18.2. The number of nitrogens with one attached hydrogen (secondary N) is 1. The summed E-state index contributed by atoms with van der Waals surface area (Å²) in [6.45, 7) is 3.34. The second kappa shape index (κ2) is 6.26. The van der Waals surface area contributed by atoms with Crippen LogP contribution in [-0.4, -0.2) is 37.1 Å². The molecule has 0 aliphatic carbocycles. The van der Waals surface area contributed by atoms with E-state index in [1.165, 1.54) is 30.9 Å². The van der Waals surface area contributed by atoms with E-state index in [0.717, 1.165) is 4.57 Å². The molecule has 9 nitrogen and oxygen atoms in total. The summed E-state index contributed by atoms with van der Waals surface area (Å²) in [4.78, 5) is 51.5. The van der Waals surface area contributed by atoms with Crippen LogP contribution in [-0.2, 0) is 18.9 Å². The summed E-state index contributed by atoms with van der Waals surface area (Å²) in [5.41, 5.74) is -0.903. The normalized spacial score (nSPS) is 12.4. The summed E-state index contributed by atoms with van der Waals surface area (Å²) in [6, 6.07) is 0.245. The van der Waals surface area contributed by atoms with E-state index >= 15 is 0 Å². The molecule has 2 heterocycles. The molecule has 2 aromatic heterocycles. The molecule has 1 amide bonds. The number of aromatic nitrogens is 3. The Balaban J connectivity index is 2.52. The maximum Gasteiger partial charge on any atom is 0.332 e. The van der Waals surface area contributed by atoms with Crippen LogP contribution in [0.1, 0.15) is 24.2 Å². The van der Waals surface area contributed by atoms with Gasteiger partial charge in [0, 0.05) is 20.3 Å². The summed E-state index contributed by atoms with van der Waals surface area (Å²) in [5, 5.41) is 11.6. The number of fused-ring (bicyclic) bond motifs is 1. The van der Waals surface area contributed by atoms with Crippen LogP contribution in [0.4, 0.5) is 0 Å². The summed E-state index contributed by atoms with van der Waals surface area (Å²) < 4.78 is 2.12. The number of hydrogen-bond acceptors (Lipinski definition) is 5. The molecule has 0 radical (unpaired) electrons. The zero-order valence-electron chi connectivity index (χ0n) is 13.7. The fraction of sp³-hybridized carbons (Fsp3) is 0.400. The lowest BCUT2D eigenvalue weighted by atomic mass is 10.0. The minimum atomic E-state index is -1.15. The Bertz CT molecular complexity index is 941.